The van der Waals surface area contributed by atoms with Gasteiger partial charge in [-0.25, -0.2) is 0 Å². The number of furan rings is 1. The van der Waals surface area contributed by atoms with Crippen LogP contribution in [-0.2, 0) is 12.8 Å². The molecule has 1 aromatic carbocycles. The van der Waals surface area contributed by atoms with E-state index in [9.17, 15) is 4.79 Å². The fourth-order valence-corrected chi connectivity index (χ4v) is 3.33. The minimum absolute atomic E-state index is 0.134. The van der Waals surface area contributed by atoms with Gasteiger partial charge in [0.15, 0.2) is 5.76 Å². The standard InChI is InChI=1S/C18H18N2O2/c1-11-4-7-15-14(9-11)13-6-5-12(10-16(13)20-15)19-18(21)17-3-2-8-22-17/h2-4,7-9,12,20H,5-6,10H2,1H3,(H,19,21). The first-order chi connectivity index (χ1) is 10.7. The lowest BCUT2D eigenvalue weighted by Gasteiger charge is -2.23. The summed E-state index contributed by atoms with van der Waals surface area (Å²) in [7, 11) is 0. The Hall–Kier alpha value is -2.49. The molecule has 4 rings (SSSR count). The Morgan fingerprint density at radius 3 is 3.09 bits per heavy atom. The third-order valence-corrected chi connectivity index (χ3v) is 4.42. The quantitative estimate of drug-likeness (QED) is 0.761. The Balaban J connectivity index is 1.57. The van der Waals surface area contributed by atoms with Crippen LogP contribution >= 0.6 is 0 Å². The van der Waals surface area contributed by atoms with Crippen molar-refractivity contribution in [2.75, 3.05) is 0 Å². The van der Waals surface area contributed by atoms with Crippen molar-refractivity contribution >= 4 is 16.8 Å². The highest BCUT2D eigenvalue weighted by atomic mass is 16.3. The van der Waals surface area contributed by atoms with Crippen molar-refractivity contribution in [1.29, 1.82) is 0 Å². The molecule has 22 heavy (non-hydrogen) atoms. The van der Waals surface area contributed by atoms with Gasteiger partial charge in [0, 0.05) is 29.1 Å². The number of hydrogen-bond acceptors (Lipinski definition) is 2. The number of aryl methyl sites for hydroxylation is 2. The molecule has 0 bridgehead atoms. The van der Waals surface area contributed by atoms with Gasteiger partial charge in [0.1, 0.15) is 0 Å². The summed E-state index contributed by atoms with van der Waals surface area (Å²) in [5.41, 5.74) is 5.12. The maximum atomic E-state index is 12.1. The minimum atomic E-state index is -0.134. The van der Waals surface area contributed by atoms with Crippen molar-refractivity contribution in [3.8, 4) is 0 Å². The molecule has 4 nitrogen and oxygen atoms in total. The largest absolute Gasteiger partial charge is 0.459 e. The zero-order valence-electron chi connectivity index (χ0n) is 12.5. The third kappa shape index (κ3) is 2.21. The highest BCUT2D eigenvalue weighted by molar-refractivity contribution is 5.91. The van der Waals surface area contributed by atoms with E-state index in [-0.39, 0.29) is 11.9 Å². The lowest BCUT2D eigenvalue weighted by Crippen LogP contribution is -2.38. The molecule has 2 N–H and O–H groups in total. The summed E-state index contributed by atoms with van der Waals surface area (Å²) in [6.45, 7) is 2.12. The van der Waals surface area contributed by atoms with Crippen LogP contribution in [0.1, 0.15) is 33.8 Å². The zero-order valence-corrected chi connectivity index (χ0v) is 12.5. The van der Waals surface area contributed by atoms with Crippen LogP contribution in [0.3, 0.4) is 0 Å². The van der Waals surface area contributed by atoms with Crippen molar-refractivity contribution in [1.82, 2.24) is 10.3 Å². The van der Waals surface area contributed by atoms with E-state index in [4.69, 9.17) is 4.42 Å². The molecule has 0 radical (unpaired) electrons. The average Bonchev–Trinajstić information content (AvgIpc) is 3.14. The number of H-pyrrole nitrogens is 1. The van der Waals surface area contributed by atoms with Crippen LogP contribution < -0.4 is 5.32 Å². The van der Waals surface area contributed by atoms with Crippen molar-refractivity contribution in [2.45, 2.75) is 32.2 Å². The van der Waals surface area contributed by atoms with Crippen molar-refractivity contribution in [3.63, 3.8) is 0 Å². The number of nitrogens with one attached hydrogen (secondary N) is 2. The Bertz CT molecular complexity index is 830. The van der Waals surface area contributed by atoms with E-state index in [0.717, 1.165) is 19.3 Å². The van der Waals surface area contributed by atoms with Crippen LogP contribution in [0, 0.1) is 6.92 Å². The van der Waals surface area contributed by atoms with Crippen LogP contribution in [0.25, 0.3) is 10.9 Å². The van der Waals surface area contributed by atoms with Gasteiger partial charge in [-0.2, -0.15) is 0 Å². The molecule has 4 heteroatoms. The summed E-state index contributed by atoms with van der Waals surface area (Å²) in [6.07, 6.45) is 4.31. The number of aromatic nitrogens is 1. The van der Waals surface area contributed by atoms with Gasteiger partial charge in [0.2, 0.25) is 0 Å². The molecule has 2 heterocycles. The van der Waals surface area contributed by atoms with Gasteiger partial charge in [-0.15, -0.1) is 0 Å². The first-order valence-corrected chi connectivity index (χ1v) is 7.65. The van der Waals surface area contributed by atoms with E-state index < -0.39 is 0 Å². The summed E-state index contributed by atoms with van der Waals surface area (Å²) in [6, 6.07) is 10.1. The molecule has 0 spiro atoms. The second-order valence-electron chi connectivity index (χ2n) is 6.02. The predicted molar refractivity (Wildman–Crippen MR) is 85.0 cm³/mol. The first-order valence-electron chi connectivity index (χ1n) is 7.65. The summed E-state index contributed by atoms with van der Waals surface area (Å²) in [4.78, 5) is 15.6. The Labute approximate surface area is 128 Å². The average molecular weight is 294 g/mol. The number of fused-ring (bicyclic) bond motifs is 3. The molecule has 1 amide bonds. The van der Waals surface area contributed by atoms with Gasteiger partial charge in [0.05, 0.1) is 6.26 Å². The van der Waals surface area contributed by atoms with Crippen molar-refractivity contribution in [2.24, 2.45) is 0 Å². The lowest BCUT2D eigenvalue weighted by atomic mass is 9.91. The number of aromatic amines is 1. The topological polar surface area (TPSA) is 58.0 Å². The van der Waals surface area contributed by atoms with Gasteiger partial charge < -0.3 is 14.7 Å². The summed E-state index contributed by atoms with van der Waals surface area (Å²) in [5.74, 6) is 0.239. The molecule has 1 aliphatic rings. The number of carbonyl (C=O) groups is 1. The second-order valence-corrected chi connectivity index (χ2v) is 6.02. The summed E-state index contributed by atoms with van der Waals surface area (Å²) >= 11 is 0. The molecule has 1 atom stereocenters. The lowest BCUT2D eigenvalue weighted by molar-refractivity contribution is 0.0905. The Kier molecular flexibility index (Phi) is 3.03. The molecule has 0 aliphatic heterocycles. The van der Waals surface area contributed by atoms with Gasteiger partial charge in [-0.05, 0) is 49.6 Å². The normalized spacial score (nSPS) is 17.4. The third-order valence-electron chi connectivity index (χ3n) is 4.42. The van der Waals surface area contributed by atoms with Crippen LogP contribution in [0.2, 0.25) is 0 Å². The zero-order chi connectivity index (χ0) is 15.1. The molecule has 1 aliphatic carbocycles. The molecular weight excluding hydrogens is 276 g/mol. The molecule has 0 saturated heterocycles. The Morgan fingerprint density at radius 1 is 1.36 bits per heavy atom. The van der Waals surface area contributed by atoms with Gasteiger partial charge in [-0.1, -0.05) is 11.6 Å². The molecular formula is C18H18N2O2. The van der Waals surface area contributed by atoms with E-state index in [0.29, 0.717) is 5.76 Å². The second kappa shape index (κ2) is 5.05. The van der Waals surface area contributed by atoms with Crippen LogP contribution in [0.5, 0.6) is 0 Å². The predicted octanol–water partition coefficient (Wildman–Crippen LogP) is 3.36. The monoisotopic (exact) mass is 294 g/mol. The van der Waals surface area contributed by atoms with E-state index in [1.54, 1.807) is 12.1 Å². The molecule has 2 aromatic heterocycles. The summed E-state index contributed by atoms with van der Waals surface area (Å²) < 4.78 is 5.15. The van der Waals surface area contributed by atoms with Gasteiger partial charge in [-0.3, -0.25) is 4.79 Å². The van der Waals surface area contributed by atoms with Gasteiger partial charge >= 0.3 is 0 Å². The van der Waals surface area contributed by atoms with E-state index >= 15 is 0 Å². The number of hydrogen-bond donors (Lipinski definition) is 2. The van der Waals surface area contributed by atoms with Gasteiger partial charge in [0.25, 0.3) is 5.91 Å². The summed E-state index contributed by atoms with van der Waals surface area (Å²) in [5, 5.41) is 4.39. The van der Waals surface area contributed by atoms with Crippen molar-refractivity contribution < 1.29 is 9.21 Å². The molecule has 112 valence electrons. The first kappa shape index (κ1) is 13.2. The minimum Gasteiger partial charge on any atom is -0.459 e. The van der Waals surface area contributed by atoms with E-state index in [1.165, 1.54) is 34.0 Å². The van der Waals surface area contributed by atoms with Crippen LogP contribution in [-0.4, -0.2) is 16.9 Å². The van der Waals surface area contributed by atoms with E-state index in [2.05, 4.69) is 35.4 Å². The number of rotatable bonds is 2. The maximum Gasteiger partial charge on any atom is 0.287 e. The van der Waals surface area contributed by atoms with Crippen LogP contribution in [0.15, 0.2) is 41.0 Å². The number of amides is 1. The van der Waals surface area contributed by atoms with E-state index in [1.807, 2.05) is 0 Å². The Morgan fingerprint density at radius 2 is 2.27 bits per heavy atom. The number of benzene rings is 1. The fourth-order valence-electron chi connectivity index (χ4n) is 3.33. The smallest absolute Gasteiger partial charge is 0.287 e. The fraction of sp³-hybridized carbons (Fsp3) is 0.278. The maximum absolute atomic E-state index is 12.1. The SMILES string of the molecule is Cc1ccc2[nH]c3c(c2c1)CCC(NC(=O)c1ccco1)C3. The molecule has 1 unspecified atom stereocenters. The number of carbonyl (C=O) groups excluding carboxylic acids is 1. The molecule has 0 saturated carbocycles. The molecule has 0 fully saturated rings. The molecule has 3 aromatic rings. The highest BCUT2D eigenvalue weighted by Gasteiger charge is 2.24. The van der Waals surface area contributed by atoms with Crippen LogP contribution in [0.4, 0.5) is 0 Å². The highest BCUT2D eigenvalue weighted by Crippen LogP contribution is 2.29. The van der Waals surface area contributed by atoms with Crippen molar-refractivity contribution in [3.05, 3.63) is 59.2 Å².